The van der Waals surface area contributed by atoms with Gasteiger partial charge in [-0.3, -0.25) is 0 Å². The predicted octanol–water partition coefficient (Wildman–Crippen LogP) is 5.54. The summed E-state index contributed by atoms with van der Waals surface area (Å²) in [4.78, 5) is 0. The number of ether oxygens (including phenoxy) is 1. The Morgan fingerprint density at radius 1 is 1.29 bits per heavy atom. The average molecular weight is 345 g/mol. The minimum Gasteiger partial charge on any atom is -0.473 e. The number of hydrogen-bond acceptors (Lipinski definition) is 2. The smallest absolute Gasteiger partial charge is 0.128 e. The molecule has 128 valence electrons. The van der Waals surface area contributed by atoms with E-state index in [-0.39, 0.29) is 11.0 Å². The largest absolute Gasteiger partial charge is 0.473 e. The Labute approximate surface area is 146 Å². The minimum atomic E-state index is -0.167. The normalized spacial score (nSPS) is 20.0. The summed E-state index contributed by atoms with van der Waals surface area (Å²) in [6, 6.07) is 5.27. The van der Waals surface area contributed by atoms with E-state index in [1.807, 2.05) is 18.2 Å². The van der Waals surface area contributed by atoms with Crippen molar-refractivity contribution in [2.75, 3.05) is 18.0 Å². The van der Waals surface area contributed by atoms with Gasteiger partial charge in [-0.25, -0.2) is 4.39 Å². The van der Waals surface area contributed by atoms with Gasteiger partial charge in [-0.05, 0) is 54.1 Å². The number of anilines is 1. The van der Waals surface area contributed by atoms with Gasteiger partial charge in [-0.2, -0.15) is 0 Å². The molecule has 1 aromatic rings. The van der Waals surface area contributed by atoms with Gasteiger partial charge >= 0.3 is 0 Å². The van der Waals surface area contributed by atoms with Gasteiger partial charge in [0.25, 0.3) is 0 Å². The van der Waals surface area contributed by atoms with Crippen LogP contribution in [0.2, 0.25) is 0 Å². The first-order valence-electron chi connectivity index (χ1n) is 8.04. The highest BCUT2D eigenvalue weighted by molar-refractivity contribution is 7.40. The van der Waals surface area contributed by atoms with Gasteiger partial charge in [-0.15, -0.1) is 8.58 Å². The summed E-state index contributed by atoms with van der Waals surface area (Å²) in [6.45, 7) is 11.2. The fraction of sp³-hybridized carbons (Fsp3) is 0.300. The highest BCUT2D eigenvalue weighted by atomic mass is 31.1. The molecule has 0 fully saturated rings. The SMILES string of the molecule is C=C1/C=C\O/C=C\C=C/1C(C)(C)PCCNc1ccc(C)c(F)c1. The highest BCUT2D eigenvalue weighted by Crippen LogP contribution is 2.41. The Bertz CT molecular complexity index is 689. The maximum atomic E-state index is 13.6. The Hall–Kier alpha value is -1.86. The number of nitrogens with one attached hydrogen (secondary N) is 1. The molecular formula is C20H25FNOP. The summed E-state index contributed by atoms with van der Waals surface area (Å²) < 4.78 is 18.7. The second-order valence-electron chi connectivity index (χ2n) is 6.32. The molecule has 0 radical (unpaired) electrons. The number of benzene rings is 1. The average Bonchev–Trinajstić information content (AvgIpc) is 2.51. The van der Waals surface area contributed by atoms with Gasteiger partial charge in [0, 0.05) is 17.4 Å². The van der Waals surface area contributed by atoms with Crippen molar-refractivity contribution in [2.45, 2.75) is 25.9 Å². The lowest BCUT2D eigenvalue weighted by molar-refractivity contribution is 0.402. The van der Waals surface area contributed by atoms with E-state index in [0.717, 1.165) is 32.5 Å². The number of allylic oxidation sites excluding steroid dienone is 5. The van der Waals surface area contributed by atoms with Crippen LogP contribution in [0, 0.1) is 12.7 Å². The van der Waals surface area contributed by atoms with Crippen LogP contribution in [-0.4, -0.2) is 17.9 Å². The van der Waals surface area contributed by atoms with Crippen molar-refractivity contribution in [1.29, 1.82) is 0 Å². The molecular weight excluding hydrogens is 320 g/mol. The molecule has 1 N–H and O–H groups in total. The lowest BCUT2D eigenvalue weighted by Gasteiger charge is -2.29. The van der Waals surface area contributed by atoms with Gasteiger partial charge in [-0.1, -0.05) is 32.6 Å². The van der Waals surface area contributed by atoms with Crippen LogP contribution >= 0.6 is 8.58 Å². The van der Waals surface area contributed by atoms with Crippen molar-refractivity contribution in [3.8, 4) is 0 Å². The second kappa shape index (κ2) is 8.30. The third-order valence-electron chi connectivity index (χ3n) is 3.98. The molecule has 4 heteroatoms. The van der Waals surface area contributed by atoms with E-state index in [4.69, 9.17) is 4.74 Å². The van der Waals surface area contributed by atoms with Crippen molar-refractivity contribution < 1.29 is 9.13 Å². The number of aryl methyl sites for hydroxylation is 1. The van der Waals surface area contributed by atoms with Crippen molar-refractivity contribution in [3.63, 3.8) is 0 Å². The summed E-state index contributed by atoms with van der Waals surface area (Å²) in [5.74, 6) is -0.167. The minimum absolute atomic E-state index is 0.0311. The number of hydrogen-bond donors (Lipinski definition) is 1. The quantitative estimate of drug-likeness (QED) is 0.540. The molecule has 0 amide bonds. The van der Waals surface area contributed by atoms with Crippen LogP contribution in [-0.2, 0) is 4.74 Å². The Kier molecular flexibility index (Phi) is 6.39. The van der Waals surface area contributed by atoms with Gasteiger partial charge in [0.2, 0.25) is 0 Å². The van der Waals surface area contributed by atoms with E-state index in [2.05, 4.69) is 31.8 Å². The summed E-state index contributed by atoms with van der Waals surface area (Å²) in [5, 5.41) is 3.33. The molecule has 0 aromatic heterocycles. The molecule has 0 saturated heterocycles. The van der Waals surface area contributed by atoms with Crippen molar-refractivity contribution >= 4 is 14.3 Å². The van der Waals surface area contributed by atoms with Gasteiger partial charge in [0.05, 0.1) is 12.5 Å². The monoisotopic (exact) mass is 345 g/mol. The van der Waals surface area contributed by atoms with Gasteiger partial charge in [0.15, 0.2) is 0 Å². The van der Waals surface area contributed by atoms with Crippen molar-refractivity contribution in [1.82, 2.24) is 0 Å². The molecule has 0 aliphatic carbocycles. The van der Waals surface area contributed by atoms with Crippen LogP contribution < -0.4 is 5.32 Å². The van der Waals surface area contributed by atoms with Crippen LogP contribution in [0.25, 0.3) is 0 Å². The zero-order chi connectivity index (χ0) is 17.6. The fourth-order valence-corrected chi connectivity index (χ4v) is 3.84. The van der Waals surface area contributed by atoms with Crippen LogP contribution in [0.1, 0.15) is 19.4 Å². The molecule has 1 heterocycles. The van der Waals surface area contributed by atoms with E-state index < -0.39 is 0 Å². The molecule has 2 rings (SSSR count). The lowest BCUT2D eigenvalue weighted by Crippen LogP contribution is -2.20. The molecule has 1 atom stereocenters. The van der Waals surface area contributed by atoms with E-state index in [1.54, 1.807) is 31.6 Å². The maximum Gasteiger partial charge on any atom is 0.128 e. The van der Waals surface area contributed by atoms with Crippen LogP contribution in [0.15, 0.2) is 66.7 Å². The molecule has 24 heavy (non-hydrogen) atoms. The summed E-state index contributed by atoms with van der Waals surface area (Å²) in [5.41, 5.74) is 3.70. The molecule has 0 bridgehead atoms. The molecule has 2 nitrogen and oxygen atoms in total. The molecule has 1 aliphatic rings. The van der Waals surface area contributed by atoms with Crippen LogP contribution in [0.4, 0.5) is 10.1 Å². The topological polar surface area (TPSA) is 21.3 Å². The van der Waals surface area contributed by atoms with Gasteiger partial charge in [0.1, 0.15) is 5.82 Å². The zero-order valence-corrected chi connectivity index (χ0v) is 15.5. The highest BCUT2D eigenvalue weighted by Gasteiger charge is 2.24. The Morgan fingerprint density at radius 2 is 2.08 bits per heavy atom. The third-order valence-corrected chi connectivity index (χ3v) is 5.63. The summed E-state index contributed by atoms with van der Waals surface area (Å²) in [6.07, 6.45) is 10.2. The second-order valence-corrected chi connectivity index (χ2v) is 8.42. The number of halogens is 1. The fourth-order valence-electron chi connectivity index (χ4n) is 2.53. The molecule has 1 aliphatic heterocycles. The Morgan fingerprint density at radius 3 is 2.83 bits per heavy atom. The third kappa shape index (κ3) is 5.07. The zero-order valence-electron chi connectivity index (χ0n) is 14.5. The molecule has 1 aromatic carbocycles. The van der Waals surface area contributed by atoms with E-state index in [1.165, 1.54) is 5.57 Å². The first-order chi connectivity index (χ1) is 11.4. The maximum absolute atomic E-state index is 13.6. The molecule has 0 spiro atoms. The Balaban J connectivity index is 1.91. The first-order valence-corrected chi connectivity index (χ1v) is 9.24. The predicted molar refractivity (Wildman–Crippen MR) is 103 cm³/mol. The van der Waals surface area contributed by atoms with Gasteiger partial charge < -0.3 is 10.1 Å². The molecule has 1 unspecified atom stereocenters. The summed E-state index contributed by atoms with van der Waals surface area (Å²) >= 11 is 0. The van der Waals surface area contributed by atoms with E-state index in [9.17, 15) is 4.39 Å². The van der Waals surface area contributed by atoms with Crippen molar-refractivity contribution in [3.05, 3.63) is 78.1 Å². The van der Waals surface area contributed by atoms with Crippen LogP contribution in [0.3, 0.4) is 0 Å². The van der Waals surface area contributed by atoms with E-state index >= 15 is 0 Å². The van der Waals surface area contributed by atoms with Crippen LogP contribution in [0.5, 0.6) is 0 Å². The first kappa shape index (κ1) is 18.5. The summed E-state index contributed by atoms with van der Waals surface area (Å²) in [7, 11) is 0.723. The standard InChI is InChI=1S/C20H25FNOP/c1-15-9-12-23-11-5-6-18(15)20(3,4)24-13-10-22-17-8-7-16(2)19(21)14-17/h5-9,11-12,14,22,24H,1,10,13H2,2-4H3/b11-5-,12-9-,18-6+. The van der Waals surface area contributed by atoms with E-state index in [0.29, 0.717) is 5.56 Å². The van der Waals surface area contributed by atoms with Crippen molar-refractivity contribution in [2.24, 2.45) is 0 Å². The lowest BCUT2D eigenvalue weighted by atomic mass is 9.94. The number of rotatable bonds is 6. The molecule has 0 saturated carbocycles.